The fraction of sp³-hybridized carbons (Fsp3) is 0.659. The highest BCUT2D eigenvalue weighted by molar-refractivity contribution is 7.91. The number of rotatable bonds is 6. The first-order valence-corrected chi connectivity index (χ1v) is 22.5. The van der Waals surface area contributed by atoms with Crippen LogP contribution in [-0.4, -0.2) is 94.2 Å². The van der Waals surface area contributed by atoms with E-state index in [1.807, 2.05) is 16.9 Å². The number of nitrogens with one attached hydrogen (secondary N) is 3. The average Bonchev–Trinajstić information content (AvgIpc) is 4.11. The number of hydrogen-bond acceptors (Lipinski definition) is 10. The number of hydrogen-bond donors (Lipinski definition) is 3. The van der Waals surface area contributed by atoms with Gasteiger partial charge in [-0.05, 0) is 93.2 Å². The molecule has 19 heteroatoms. The second kappa shape index (κ2) is 14.9. The number of carbonyl (C=O) groups excluding carboxylic acids is 4. The Morgan fingerprint density at radius 2 is 1.80 bits per heavy atom. The van der Waals surface area contributed by atoms with Gasteiger partial charge in [-0.15, -0.1) is 0 Å². The summed E-state index contributed by atoms with van der Waals surface area (Å²) in [6, 6.07) is 1.78. The maximum Gasteiger partial charge on any atom is 0.408 e. The molecular formula is C41H51ClF2N6O9S. The van der Waals surface area contributed by atoms with Crippen molar-refractivity contribution >= 4 is 56.3 Å². The molecule has 3 heterocycles. The summed E-state index contributed by atoms with van der Waals surface area (Å²) in [6.07, 6.45) is 1.62. The molecule has 60 heavy (non-hydrogen) atoms. The van der Waals surface area contributed by atoms with Crippen molar-refractivity contribution in [1.29, 1.82) is 0 Å². The van der Waals surface area contributed by atoms with Gasteiger partial charge in [0, 0.05) is 17.5 Å². The zero-order valence-electron chi connectivity index (χ0n) is 34.1. The first-order chi connectivity index (χ1) is 28.1. The minimum atomic E-state index is -4.27. The van der Waals surface area contributed by atoms with Crippen molar-refractivity contribution in [2.45, 2.75) is 127 Å². The van der Waals surface area contributed by atoms with Crippen LogP contribution in [0.4, 0.5) is 13.6 Å². The molecule has 3 N–H and O–H groups in total. The molecule has 6 aliphatic rings. The standard InChI is InChI=1S/C41H51ClF2N6O9S/c1-20-29-19-50(30(20)33(51)47-41(18-26(41)32(43)44)36(54)48-60(56,57)40(5)12-13-40)35(53)31(39(2,3)4)46-38(55)59-28-16-21-15-25(21)23(28)9-7-6-8-14-49-34(52)24-11-10-22(42)17-27(24)45-37(49)58-29/h6,8,10-11,17,20-21,23,25-26,28-32H,7,9,12-16,18-19H2,1-5H3,(H,46,55)(H,47,51)(H,48,54)/b8-6+/t20-,21?,23-,25+,26+,28-,29+,30+,31-,41-/m1/s1. The van der Waals surface area contributed by atoms with Gasteiger partial charge in [0.25, 0.3) is 17.5 Å². The fourth-order valence-electron chi connectivity index (χ4n) is 9.44. The summed E-state index contributed by atoms with van der Waals surface area (Å²) in [5.41, 5.74) is -3.42. The SMILES string of the molecule is C[C@@H]1[C@@H]2CN(C(=O)[C@H](C(C)(C)C)NC(=O)O[C@@H]3CC4C[C@@H]4[C@H]3CC/C=C/Cn3c(nc4cc(Cl)ccc4c3=O)O2)[C@@H]1C(=O)N[C@]1(C(=O)NS(=O)(=O)C2(C)CC2)C[C@H]1C(F)F. The van der Waals surface area contributed by atoms with Crippen molar-refractivity contribution in [3.05, 3.63) is 45.7 Å². The molecule has 4 aliphatic carbocycles. The van der Waals surface area contributed by atoms with E-state index in [0.29, 0.717) is 29.7 Å². The van der Waals surface area contributed by atoms with E-state index in [2.05, 4.69) is 15.6 Å². The van der Waals surface area contributed by atoms with Crippen molar-refractivity contribution in [2.24, 2.45) is 35.0 Å². The van der Waals surface area contributed by atoms with Gasteiger partial charge in [0.1, 0.15) is 29.8 Å². The van der Waals surface area contributed by atoms with E-state index in [1.165, 1.54) is 22.5 Å². The third-order valence-corrected chi connectivity index (χ3v) is 16.1. The smallest absolute Gasteiger partial charge is 0.408 e. The van der Waals surface area contributed by atoms with E-state index in [0.717, 1.165) is 12.8 Å². The predicted molar refractivity (Wildman–Crippen MR) is 215 cm³/mol. The highest BCUT2D eigenvalue weighted by atomic mass is 35.5. The van der Waals surface area contributed by atoms with Gasteiger partial charge in [-0.2, -0.15) is 4.98 Å². The number of halogens is 3. The Kier molecular flexibility index (Phi) is 10.6. The van der Waals surface area contributed by atoms with E-state index < -0.39 is 98.0 Å². The number of amides is 4. The van der Waals surface area contributed by atoms with Crippen molar-refractivity contribution in [3.8, 4) is 6.01 Å². The van der Waals surface area contributed by atoms with E-state index in [9.17, 15) is 41.2 Å². The number of ether oxygens (including phenoxy) is 2. The average molecular weight is 877 g/mol. The number of alkyl halides is 2. The summed E-state index contributed by atoms with van der Waals surface area (Å²) in [4.78, 5) is 76.7. The van der Waals surface area contributed by atoms with Crippen LogP contribution >= 0.6 is 11.6 Å². The molecule has 326 valence electrons. The van der Waals surface area contributed by atoms with Crippen LogP contribution in [0.1, 0.15) is 79.6 Å². The molecule has 0 radical (unpaired) electrons. The fourth-order valence-corrected chi connectivity index (χ4v) is 10.9. The van der Waals surface area contributed by atoms with E-state index in [4.69, 9.17) is 21.1 Å². The number of nitrogens with zero attached hydrogens (tertiary/aromatic N) is 3. The van der Waals surface area contributed by atoms with Gasteiger partial charge in [0.2, 0.25) is 28.3 Å². The molecule has 0 spiro atoms. The normalized spacial score (nSPS) is 34.1. The van der Waals surface area contributed by atoms with Crippen molar-refractivity contribution < 1.29 is 45.9 Å². The van der Waals surface area contributed by atoms with Gasteiger partial charge in [0.05, 0.1) is 28.1 Å². The molecule has 2 aliphatic heterocycles. The number of sulfonamides is 1. The lowest BCUT2D eigenvalue weighted by Gasteiger charge is -2.36. The lowest BCUT2D eigenvalue weighted by Crippen LogP contribution is -2.61. The first-order valence-electron chi connectivity index (χ1n) is 20.6. The number of alkyl carbamates (subject to hydrolysis) is 1. The Labute approximate surface area is 351 Å². The zero-order valence-corrected chi connectivity index (χ0v) is 35.7. The van der Waals surface area contributed by atoms with Crippen LogP contribution in [0.5, 0.6) is 6.01 Å². The lowest BCUT2D eigenvalue weighted by atomic mass is 9.85. The maximum atomic E-state index is 14.9. The zero-order chi connectivity index (χ0) is 43.3. The molecular weight excluding hydrogens is 826 g/mol. The molecule has 1 aromatic carbocycles. The highest BCUT2D eigenvalue weighted by Crippen LogP contribution is 2.57. The molecule has 15 nitrogen and oxygen atoms in total. The Hall–Kier alpha value is -4.32. The predicted octanol–water partition coefficient (Wildman–Crippen LogP) is 4.30. The highest BCUT2D eigenvalue weighted by Gasteiger charge is 2.68. The maximum absolute atomic E-state index is 14.9. The van der Waals surface area contributed by atoms with E-state index >= 15 is 0 Å². The topological polar surface area (TPSA) is 195 Å². The van der Waals surface area contributed by atoms with Crippen molar-refractivity contribution in [1.82, 2.24) is 29.8 Å². The van der Waals surface area contributed by atoms with Crippen molar-refractivity contribution in [2.75, 3.05) is 6.54 Å². The molecule has 1 aromatic heterocycles. The van der Waals surface area contributed by atoms with Crippen LogP contribution in [0.2, 0.25) is 5.02 Å². The monoisotopic (exact) mass is 876 g/mol. The summed E-state index contributed by atoms with van der Waals surface area (Å²) in [5, 5.41) is 5.82. The minimum absolute atomic E-state index is 0.0626. The van der Waals surface area contributed by atoms with E-state index in [1.54, 1.807) is 39.8 Å². The third-order valence-electron chi connectivity index (χ3n) is 13.7. The van der Waals surface area contributed by atoms with Gasteiger partial charge in [-0.1, -0.05) is 51.4 Å². The number of fused-ring (bicyclic) bond motifs is 7. The Balaban J connectivity index is 1.17. The van der Waals surface area contributed by atoms with Gasteiger partial charge < -0.3 is 25.0 Å². The lowest BCUT2D eigenvalue weighted by molar-refractivity contribution is -0.143. The van der Waals surface area contributed by atoms with Gasteiger partial charge in [-0.3, -0.25) is 28.5 Å². The molecule has 8 rings (SSSR count). The number of allylic oxidation sites excluding steroid dienone is 2. The van der Waals surface area contributed by atoms with Gasteiger partial charge >= 0.3 is 6.09 Å². The second-order valence-electron chi connectivity index (χ2n) is 18.9. The molecule has 2 bridgehead atoms. The third kappa shape index (κ3) is 7.64. The molecule has 1 saturated heterocycles. The minimum Gasteiger partial charge on any atom is -0.459 e. The van der Waals surface area contributed by atoms with Gasteiger partial charge in [0.15, 0.2) is 0 Å². The molecule has 1 unspecified atom stereocenters. The Bertz CT molecular complexity index is 2330. The molecule has 4 saturated carbocycles. The molecule has 5 fully saturated rings. The summed E-state index contributed by atoms with van der Waals surface area (Å²) < 4.78 is 69.4. The largest absolute Gasteiger partial charge is 0.459 e. The first kappa shape index (κ1) is 42.4. The summed E-state index contributed by atoms with van der Waals surface area (Å²) >= 11 is 6.29. The van der Waals surface area contributed by atoms with E-state index in [-0.39, 0.29) is 54.9 Å². The van der Waals surface area contributed by atoms with Crippen LogP contribution in [-0.2, 0) is 35.7 Å². The quantitative estimate of drug-likeness (QED) is 0.353. The molecule has 2 aromatic rings. The van der Waals surface area contributed by atoms with Crippen LogP contribution in [0.15, 0.2) is 35.1 Å². The van der Waals surface area contributed by atoms with Crippen LogP contribution in [0, 0.1) is 35.0 Å². The summed E-state index contributed by atoms with van der Waals surface area (Å²) in [7, 11) is -4.27. The summed E-state index contributed by atoms with van der Waals surface area (Å²) in [6.45, 7) is 7.97. The van der Waals surface area contributed by atoms with Crippen LogP contribution in [0.25, 0.3) is 10.9 Å². The van der Waals surface area contributed by atoms with Gasteiger partial charge in [-0.25, -0.2) is 22.0 Å². The number of carbonyl (C=O) groups is 4. The molecule has 4 amide bonds. The second-order valence-corrected chi connectivity index (χ2v) is 21.5. The number of benzene rings is 1. The van der Waals surface area contributed by atoms with Crippen LogP contribution in [0.3, 0.4) is 0 Å². The Morgan fingerprint density at radius 3 is 2.47 bits per heavy atom. The molecule has 10 atom stereocenters. The Morgan fingerprint density at radius 1 is 1.07 bits per heavy atom. The van der Waals surface area contributed by atoms with Crippen LogP contribution < -0.4 is 25.7 Å². The summed E-state index contributed by atoms with van der Waals surface area (Å²) in [5.74, 6) is -4.71. The van der Waals surface area contributed by atoms with Crippen molar-refractivity contribution in [3.63, 3.8) is 0 Å². The number of aromatic nitrogens is 2.